The minimum Gasteiger partial charge on any atom is -0.493 e. The van der Waals surface area contributed by atoms with E-state index in [0.29, 0.717) is 0 Å². The molecule has 1 saturated heterocycles. The fraction of sp³-hybridized carbons (Fsp3) is 0.357. The molecule has 1 atom stereocenters. The van der Waals surface area contributed by atoms with Gasteiger partial charge in [-0.3, -0.25) is 4.90 Å². The molecule has 3 aromatic rings. The minimum atomic E-state index is -0.0948. The Morgan fingerprint density at radius 3 is 2.33 bits per heavy atom. The van der Waals surface area contributed by atoms with Gasteiger partial charge in [0, 0.05) is 50.7 Å². The number of halogens is 1. The second kappa shape index (κ2) is 11.6. The maximum Gasteiger partial charge on any atom is 0.162 e. The van der Waals surface area contributed by atoms with Gasteiger partial charge in [0.2, 0.25) is 0 Å². The minimum absolute atomic E-state index is 0.0948. The maximum absolute atomic E-state index is 6.50. The zero-order valence-electron chi connectivity index (χ0n) is 19.5. The first kappa shape index (κ1) is 23.6. The van der Waals surface area contributed by atoms with Gasteiger partial charge >= 0.3 is 0 Å². The third-order valence-corrected chi connectivity index (χ3v) is 6.47. The molecule has 0 aromatic heterocycles. The van der Waals surface area contributed by atoms with Crippen LogP contribution in [0.4, 0.5) is 0 Å². The van der Waals surface area contributed by atoms with Gasteiger partial charge in [0.25, 0.3) is 0 Å². The molecule has 4 rings (SSSR count). The van der Waals surface area contributed by atoms with Crippen LogP contribution in [0.25, 0.3) is 0 Å². The van der Waals surface area contributed by atoms with Gasteiger partial charge in [0.15, 0.2) is 11.5 Å². The van der Waals surface area contributed by atoms with Crippen LogP contribution in [0.2, 0.25) is 5.02 Å². The first-order valence-electron chi connectivity index (χ1n) is 11.7. The van der Waals surface area contributed by atoms with E-state index in [1.807, 2.05) is 30.3 Å². The SMILES string of the molecule is COc1cc(C)ccc1O[C@H](CCN1CCN(Cc2ccccc2)CC1)c1cccc(Cl)c1. The number of hydrogen-bond acceptors (Lipinski definition) is 4. The molecule has 5 heteroatoms. The molecular formula is C28H33ClN2O2. The highest BCUT2D eigenvalue weighted by atomic mass is 35.5. The van der Waals surface area contributed by atoms with Crippen molar-refractivity contribution < 1.29 is 9.47 Å². The average molecular weight is 465 g/mol. The van der Waals surface area contributed by atoms with Crippen molar-refractivity contribution in [3.8, 4) is 11.5 Å². The summed E-state index contributed by atoms with van der Waals surface area (Å²) in [5.74, 6) is 1.53. The van der Waals surface area contributed by atoms with Crippen molar-refractivity contribution in [1.29, 1.82) is 0 Å². The van der Waals surface area contributed by atoms with E-state index in [0.717, 1.165) is 73.3 Å². The van der Waals surface area contributed by atoms with Crippen molar-refractivity contribution in [1.82, 2.24) is 9.80 Å². The molecule has 1 aliphatic rings. The maximum atomic E-state index is 6.50. The van der Waals surface area contributed by atoms with Crippen LogP contribution in [0.3, 0.4) is 0 Å². The van der Waals surface area contributed by atoms with Crippen molar-refractivity contribution in [2.75, 3.05) is 39.8 Å². The quantitative estimate of drug-likeness (QED) is 0.388. The molecule has 0 bridgehead atoms. The molecule has 0 N–H and O–H groups in total. The molecule has 3 aromatic carbocycles. The Hall–Kier alpha value is -2.53. The number of ether oxygens (including phenoxy) is 2. The van der Waals surface area contributed by atoms with Crippen molar-refractivity contribution in [3.63, 3.8) is 0 Å². The Kier molecular flexibility index (Phi) is 8.27. The lowest BCUT2D eigenvalue weighted by Crippen LogP contribution is -2.46. The first-order chi connectivity index (χ1) is 16.1. The highest BCUT2D eigenvalue weighted by molar-refractivity contribution is 6.30. The molecule has 1 heterocycles. The zero-order chi connectivity index (χ0) is 23.0. The van der Waals surface area contributed by atoms with Crippen LogP contribution in [-0.2, 0) is 6.54 Å². The largest absolute Gasteiger partial charge is 0.493 e. The van der Waals surface area contributed by atoms with Crippen molar-refractivity contribution in [3.05, 3.63) is 94.5 Å². The van der Waals surface area contributed by atoms with E-state index in [-0.39, 0.29) is 6.10 Å². The molecule has 1 fully saturated rings. The Morgan fingerprint density at radius 2 is 1.61 bits per heavy atom. The van der Waals surface area contributed by atoms with Gasteiger partial charge in [-0.1, -0.05) is 60.1 Å². The van der Waals surface area contributed by atoms with E-state index in [1.165, 1.54) is 5.56 Å². The van der Waals surface area contributed by atoms with Crippen molar-refractivity contribution >= 4 is 11.6 Å². The van der Waals surface area contributed by atoms with Gasteiger partial charge in [-0.2, -0.15) is 0 Å². The van der Waals surface area contributed by atoms with E-state index in [4.69, 9.17) is 21.1 Å². The molecule has 4 nitrogen and oxygen atoms in total. The van der Waals surface area contributed by atoms with Gasteiger partial charge in [0.1, 0.15) is 6.10 Å². The number of benzene rings is 3. The molecule has 1 aliphatic heterocycles. The van der Waals surface area contributed by atoms with Crippen LogP contribution in [0.5, 0.6) is 11.5 Å². The van der Waals surface area contributed by atoms with Gasteiger partial charge in [-0.25, -0.2) is 0 Å². The molecule has 33 heavy (non-hydrogen) atoms. The van der Waals surface area contributed by atoms with Crippen LogP contribution in [0, 0.1) is 6.92 Å². The third kappa shape index (κ3) is 6.73. The lowest BCUT2D eigenvalue weighted by molar-refractivity contribution is 0.106. The molecule has 0 radical (unpaired) electrons. The summed E-state index contributed by atoms with van der Waals surface area (Å²) in [5.41, 5.74) is 3.62. The highest BCUT2D eigenvalue weighted by Crippen LogP contribution is 2.34. The number of aryl methyl sites for hydroxylation is 1. The van der Waals surface area contributed by atoms with E-state index in [9.17, 15) is 0 Å². The summed E-state index contributed by atoms with van der Waals surface area (Å²) in [5, 5.41) is 0.728. The number of hydrogen-bond donors (Lipinski definition) is 0. The second-order valence-electron chi connectivity index (χ2n) is 8.71. The highest BCUT2D eigenvalue weighted by Gasteiger charge is 2.21. The lowest BCUT2D eigenvalue weighted by Gasteiger charge is -2.35. The van der Waals surface area contributed by atoms with Crippen molar-refractivity contribution in [2.24, 2.45) is 0 Å². The Labute approximate surface area is 202 Å². The molecule has 174 valence electrons. The van der Waals surface area contributed by atoms with Crippen LogP contribution < -0.4 is 9.47 Å². The monoisotopic (exact) mass is 464 g/mol. The molecule has 0 amide bonds. The lowest BCUT2D eigenvalue weighted by atomic mass is 10.1. The molecule has 0 spiro atoms. The number of rotatable bonds is 9. The van der Waals surface area contributed by atoms with Crippen molar-refractivity contribution in [2.45, 2.75) is 26.0 Å². The molecule has 0 unspecified atom stereocenters. The van der Waals surface area contributed by atoms with Gasteiger partial charge < -0.3 is 14.4 Å². The smallest absolute Gasteiger partial charge is 0.162 e. The summed E-state index contributed by atoms with van der Waals surface area (Å²) in [7, 11) is 1.69. The Balaban J connectivity index is 1.38. The predicted molar refractivity (Wildman–Crippen MR) is 135 cm³/mol. The van der Waals surface area contributed by atoms with E-state index >= 15 is 0 Å². The van der Waals surface area contributed by atoms with Gasteiger partial charge in [-0.05, 0) is 47.9 Å². The zero-order valence-corrected chi connectivity index (χ0v) is 20.3. The van der Waals surface area contributed by atoms with Crippen LogP contribution >= 0.6 is 11.6 Å². The predicted octanol–water partition coefficient (Wildman–Crippen LogP) is 5.99. The van der Waals surface area contributed by atoms with E-state index in [2.05, 4.69) is 59.2 Å². The normalized spacial score (nSPS) is 15.8. The fourth-order valence-electron chi connectivity index (χ4n) is 4.34. The summed E-state index contributed by atoms with van der Waals surface area (Å²) in [4.78, 5) is 5.07. The summed E-state index contributed by atoms with van der Waals surface area (Å²) in [6.45, 7) is 8.37. The molecular weight excluding hydrogens is 432 g/mol. The standard InChI is InChI=1S/C28H33ClN2O2/c1-22-11-12-27(28(19-22)32-2)33-26(24-9-6-10-25(29)20-24)13-14-30-15-17-31(18-16-30)21-23-7-4-3-5-8-23/h3-12,19-20,26H,13-18,21H2,1-2H3/t26-/m1/s1. The Morgan fingerprint density at radius 1 is 0.848 bits per heavy atom. The molecule has 0 saturated carbocycles. The number of nitrogens with zero attached hydrogens (tertiary/aromatic N) is 2. The fourth-order valence-corrected chi connectivity index (χ4v) is 4.54. The van der Waals surface area contributed by atoms with Crippen LogP contribution in [0.1, 0.15) is 29.2 Å². The summed E-state index contributed by atoms with van der Waals surface area (Å²) in [6.07, 6.45) is 0.790. The van der Waals surface area contributed by atoms with Crippen LogP contribution in [0.15, 0.2) is 72.8 Å². The van der Waals surface area contributed by atoms with E-state index < -0.39 is 0 Å². The van der Waals surface area contributed by atoms with Gasteiger partial charge in [-0.15, -0.1) is 0 Å². The second-order valence-corrected chi connectivity index (χ2v) is 9.14. The number of methoxy groups -OCH3 is 1. The Bertz CT molecular complexity index is 1020. The summed E-state index contributed by atoms with van der Waals surface area (Å²) >= 11 is 6.31. The number of piperazine rings is 1. The third-order valence-electron chi connectivity index (χ3n) is 6.23. The summed E-state index contributed by atoms with van der Waals surface area (Å²) in [6, 6.07) is 24.8. The average Bonchev–Trinajstić information content (AvgIpc) is 2.84. The topological polar surface area (TPSA) is 24.9 Å². The molecule has 0 aliphatic carbocycles. The van der Waals surface area contributed by atoms with Crippen LogP contribution in [-0.4, -0.2) is 49.6 Å². The van der Waals surface area contributed by atoms with Gasteiger partial charge in [0.05, 0.1) is 7.11 Å². The summed E-state index contributed by atoms with van der Waals surface area (Å²) < 4.78 is 12.1. The first-order valence-corrected chi connectivity index (χ1v) is 12.0. The van der Waals surface area contributed by atoms with E-state index in [1.54, 1.807) is 7.11 Å².